The van der Waals surface area contributed by atoms with Crippen LogP contribution in [0.15, 0.2) is 42.5 Å². The van der Waals surface area contributed by atoms with Gasteiger partial charge in [-0.05, 0) is 54.3 Å². The zero-order chi connectivity index (χ0) is 20.9. The first-order chi connectivity index (χ1) is 13.9. The van der Waals surface area contributed by atoms with E-state index < -0.39 is 10.0 Å². The summed E-state index contributed by atoms with van der Waals surface area (Å²) < 4.78 is 30.8. The Labute approximate surface area is 172 Å². The molecule has 0 saturated heterocycles. The first-order valence-corrected chi connectivity index (χ1v) is 11.8. The largest absolute Gasteiger partial charge is 0.494 e. The van der Waals surface area contributed by atoms with Crippen LogP contribution >= 0.6 is 0 Å². The molecule has 0 unspecified atom stereocenters. The minimum atomic E-state index is -3.23. The van der Waals surface area contributed by atoms with Gasteiger partial charge in [-0.2, -0.15) is 4.31 Å². The van der Waals surface area contributed by atoms with Crippen molar-refractivity contribution in [2.45, 2.75) is 39.2 Å². The number of hydrogen-bond donors (Lipinski definition) is 1. The molecular weight excluding hydrogens is 388 g/mol. The van der Waals surface area contributed by atoms with Crippen molar-refractivity contribution in [2.75, 3.05) is 24.7 Å². The third-order valence-electron chi connectivity index (χ3n) is 5.08. The lowest BCUT2D eigenvalue weighted by Crippen LogP contribution is -2.35. The number of anilines is 1. The second-order valence-corrected chi connectivity index (χ2v) is 9.31. The molecule has 1 amide bonds. The Hall–Kier alpha value is -2.38. The van der Waals surface area contributed by atoms with E-state index in [4.69, 9.17) is 4.74 Å². The van der Waals surface area contributed by atoms with Gasteiger partial charge < -0.3 is 10.1 Å². The highest BCUT2D eigenvalue weighted by atomic mass is 32.2. The third-order valence-corrected chi connectivity index (χ3v) is 6.33. The molecule has 1 aliphatic rings. The number of carbonyl (C=O) groups excluding carboxylic acids is 1. The number of hydrogen-bond acceptors (Lipinski definition) is 4. The predicted octanol–water partition coefficient (Wildman–Crippen LogP) is 3.83. The number of unbranched alkanes of at least 4 members (excludes halogenated alkanes) is 2. The lowest BCUT2D eigenvalue weighted by Gasteiger charge is -2.28. The molecule has 2 aromatic carbocycles. The molecular formula is C22H28N2O4S. The average Bonchev–Trinajstić information content (AvgIpc) is 2.71. The van der Waals surface area contributed by atoms with Crippen LogP contribution in [0.25, 0.3) is 0 Å². The number of amides is 1. The normalized spacial score (nSPS) is 14.3. The lowest BCUT2D eigenvalue weighted by molar-refractivity contribution is 0.102. The van der Waals surface area contributed by atoms with Crippen LogP contribution in [0.4, 0.5) is 5.69 Å². The van der Waals surface area contributed by atoms with Gasteiger partial charge in [0.25, 0.3) is 5.91 Å². The van der Waals surface area contributed by atoms with Crippen LogP contribution in [-0.4, -0.2) is 38.0 Å². The SMILES string of the molecule is CCCCCOc1ccc(C(=O)Nc2cccc3c2CCN(S(C)(=O)=O)C3)cc1. The third kappa shape index (κ3) is 5.58. The number of carbonyl (C=O) groups is 1. The van der Waals surface area contributed by atoms with Crippen molar-refractivity contribution in [2.24, 2.45) is 0 Å². The van der Waals surface area contributed by atoms with Crippen molar-refractivity contribution < 1.29 is 17.9 Å². The van der Waals surface area contributed by atoms with E-state index in [-0.39, 0.29) is 5.91 Å². The molecule has 7 heteroatoms. The topological polar surface area (TPSA) is 75.7 Å². The summed E-state index contributed by atoms with van der Waals surface area (Å²) in [6.45, 7) is 3.59. The molecule has 1 aliphatic heterocycles. The van der Waals surface area contributed by atoms with Gasteiger partial charge in [0.1, 0.15) is 5.75 Å². The number of sulfonamides is 1. The Morgan fingerprint density at radius 3 is 2.59 bits per heavy atom. The van der Waals surface area contributed by atoms with Gasteiger partial charge in [-0.25, -0.2) is 8.42 Å². The molecule has 0 aliphatic carbocycles. The minimum Gasteiger partial charge on any atom is -0.494 e. The van der Waals surface area contributed by atoms with Gasteiger partial charge in [0, 0.05) is 24.3 Å². The van der Waals surface area contributed by atoms with Crippen LogP contribution in [-0.2, 0) is 23.0 Å². The Bertz CT molecular complexity index is 955. The molecule has 0 atom stereocenters. The molecule has 0 bridgehead atoms. The van der Waals surface area contributed by atoms with Gasteiger partial charge in [0.05, 0.1) is 12.9 Å². The highest BCUT2D eigenvalue weighted by Crippen LogP contribution is 2.28. The summed E-state index contributed by atoms with van der Waals surface area (Å²) in [4.78, 5) is 12.7. The Morgan fingerprint density at radius 2 is 1.90 bits per heavy atom. The maximum atomic E-state index is 12.7. The Kier molecular flexibility index (Phi) is 6.92. The molecule has 1 N–H and O–H groups in total. The molecule has 0 radical (unpaired) electrons. The molecule has 156 valence electrons. The van der Waals surface area contributed by atoms with Gasteiger partial charge in [-0.3, -0.25) is 4.79 Å². The Morgan fingerprint density at radius 1 is 1.14 bits per heavy atom. The van der Waals surface area contributed by atoms with Gasteiger partial charge in [-0.1, -0.05) is 31.9 Å². The van der Waals surface area contributed by atoms with Crippen molar-refractivity contribution >= 4 is 21.6 Å². The molecule has 0 spiro atoms. The minimum absolute atomic E-state index is 0.193. The van der Waals surface area contributed by atoms with Gasteiger partial charge in [-0.15, -0.1) is 0 Å². The van der Waals surface area contributed by atoms with Crippen molar-refractivity contribution in [3.63, 3.8) is 0 Å². The fraction of sp³-hybridized carbons (Fsp3) is 0.409. The molecule has 1 heterocycles. The summed E-state index contributed by atoms with van der Waals surface area (Å²) in [5.74, 6) is 0.567. The van der Waals surface area contributed by atoms with Crippen molar-refractivity contribution in [3.05, 3.63) is 59.2 Å². The molecule has 0 aromatic heterocycles. The fourth-order valence-corrected chi connectivity index (χ4v) is 4.22. The number of ether oxygens (including phenoxy) is 1. The van der Waals surface area contributed by atoms with Crippen LogP contribution in [0.3, 0.4) is 0 Å². The van der Waals surface area contributed by atoms with Crippen molar-refractivity contribution in [1.29, 1.82) is 0 Å². The van der Waals surface area contributed by atoms with E-state index in [0.717, 1.165) is 41.8 Å². The van der Waals surface area contributed by atoms with Gasteiger partial charge in [0.15, 0.2) is 0 Å². The monoisotopic (exact) mass is 416 g/mol. The van der Waals surface area contributed by atoms with E-state index in [2.05, 4.69) is 12.2 Å². The Balaban J connectivity index is 1.66. The zero-order valence-corrected chi connectivity index (χ0v) is 17.8. The van der Waals surface area contributed by atoms with Crippen molar-refractivity contribution in [1.82, 2.24) is 4.31 Å². The summed E-state index contributed by atoms with van der Waals surface area (Å²) in [5, 5.41) is 2.97. The first-order valence-electron chi connectivity index (χ1n) is 9.98. The molecule has 29 heavy (non-hydrogen) atoms. The molecule has 3 rings (SSSR count). The highest BCUT2D eigenvalue weighted by Gasteiger charge is 2.25. The number of rotatable bonds is 8. The van der Waals surface area contributed by atoms with Crippen LogP contribution in [0.1, 0.15) is 47.7 Å². The molecule has 2 aromatic rings. The second kappa shape index (κ2) is 9.41. The summed E-state index contributed by atoms with van der Waals surface area (Å²) in [5.41, 5.74) is 3.21. The fourth-order valence-electron chi connectivity index (χ4n) is 3.42. The maximum absolute atomic E-state index is 12.7. The summed E-state index contributed by atoms with van der Waals surface area (Å²) in [7, 11) is -3.23. The standard InChI is InChI=1S/C22H28N2O4S/c1-3-4-5-15-28-19-11-9-17(10-12-19)22(25)23-21-8-6-7-18-16-24(29(2,26)27)14-13-20(18)21/h6-12H,3-5,13-16H2,1-2H3,(H,23,25). The van der Waals surface area contributed by atoms with Crippen LogP contribution in [0.5, 0.6) is 5.75 Å². The smallest absolute Gasteiger partial charge is 0.255 e. The second-order valence-electron chi connectivity index (χ2n) is 7.32. The molecule has 0 fully saturated rings. The van der Waals surface area contributed by atoms with Crippen LogP contribution < -0.4 is 10.1 Å². The number of nitrogens with zero attached hydrogens (tertiary/aromatic N) is 1. The highest BCUT2D eigenvalue weighted by molar-refractivity contribution is 7.88. The molecule has 0 saturated carbocycles. The van der Waals surface area contributed by atoms with E-state index in [1.165, 1.54) is 10.6 Å². The maximum Gasteiger partial charge on any atom is 0.255 e. The van der Waals surface area contributed by atoms with E-state index in [0.29, 0.717) is 31.7 Å². The quantitative estimate of drug-likeness (QED) is 0.664. The summed E-state index contributed by atoms with van der Waals surface area (Å²) in [6.07, 6.45) is 5.11. The number of benzene rings is 2. The lowest BCUT2D eigenvalue weighted by atomic mass is 9.99. The van der Waals surface area contributed by atoms with E-state index in [9.17, 15) is 13.2 Å². The number of nitrogens with one attached hydrogen (secondary N) is 1. The van der Waals surface area contributed by atoms with E-state index >= 15 is 0 Å². The van der Waals surface area contributed by atoms with Crippen molar-refractivity contribution in [3.8, 4) is 5.75 Å². The number of fused-ring (bicyclic) bond motifs is 1. The van der Waals surface area contributed by atoms with Crippen LogP contribution in [0.2, 0.25) is 0 Å². The van der Waals surface area contributed by atoms with Crippen LogP contribution in [0, 0.1) is 0 Å². The average molecular weight is 417 g/mol. The van der Waals surface area contributed by atoms with Gasteiger partial charge in [0.2, 0.25) is 10.0 Å². The van der Waals surface area contributed by atoms with Gasteiger partial charge >= 0.3 is 0 Å². The summed E-state index contributed by atoms with van der Waals surface area (Å²) >= 11 is 0. The first kappa shape index (κ1) is 21.3. The predicted molar refractivity (Wildman–Crippen MR) is 115 cm³/mol. The summed E-state index contributed by atoms with van der Waals surface area (Å²) in [6, 6.07) is 12.7. The zero-order valence-electron chi connectivity index (χ0n) is 17.0. The molecule has 6 nitrogen and oxygen atoms in total. The van der Waals surface area contributed by atoms with E-state index in [1.807, 2.05) is 30.3 Å². The van der Waals surface area contributed by atoms with E-state index in [1.54, 1.807) is 12.1 Å².